The van der Waals surface area contributed by atoms with Gasteiger partial charge in [0.2, 0.25) is 0 Å². The van der Waals surface area contributed by atoms with E-state index < -0.39 is 20.8 Å². The number of imidazole rings is 1. The molecule has 0 spiro atoms. The summed E-state index contributed by atoms with van der Waals surface area (Å²) in [5.41, 5.74) is 0. The summed E-state index contributed by atoms with van der Waals surface area (Å²) in [5.74, 6) is 1.20. The molecule has 112 valence electrons. The standard InChI is InChI=1S/C8H14N2.H2O7S2/c1-3-4-5-8-9-6-7-10(8)2;1-8(2,3)7-9(4,5)6/h6-7H,3-5H2,1-2H3;(H,1,2,3)(H,4,5,6). The second-order valence-corrected chi connectivity index (χ2v) is 5.74. The molecule has 0 unspecified atom stereocenters. The van der Waals surface area contributed by atoms with E-state index in [1.807, 2.05) is 19.4 Å². The second-order valence-electron chi connectivity index (χ2n) is 3.48. The summed E-state index contributed by atoms with van der Waals surface area (Å²) in [5, 5.41) is 0. The lowest BCUT2D eigenvalue weighted by Gasteiger charge is -1.97. The fraction of sp³-hybridized carbons (Fsp3) is 0.625. The maximum Gasteiger partial charge on any atom is 0.413 e. The van der Waals surface area contributed by atoms with E-state index in [1.54, 1.807) is 0 Å². The predicted octanol–water partition coefficient (Wildman–Crippen LogP) is 0.371. The van der Waals surface area contributed by atoms with Crippen LogP contribution in [0.3, 0.4) is 0 Å². The average Bonchev–Trinajstić information content (AvgIpc) is 2.56. The van der Waals surface area contributed by atoms with Gasteiger partial charge in [-0.1, -0.05) is 13.3 Å². The van der Waals surface area contributed by atoms with Gasteiger partial charge in [0.15, 0.2) is 0 Å². The van der Waals surface area contributed by atoms with Gasteiger partial charge in [-0.3, -0.25) is 9.11 Å². The Morgan fingerprint density at radius 1 is 1.26 bits per heavy atom. The monoisotopic (exact) mass is 316 g/mol. The summed E-state index contributed by atoms with van der Waals surface area (Å²) < 4.78 is 57.7. The Kier molecular flexibility index (Phi) is 7.15. The van der Waals surface area contributed by atoms with Crippen molar-refractivity contribution in [2.24, 2.45) is 7.05 Å². The van der Waals surface area contributed by atoms with E-state index in [1.165, 1.54) is 18.7 Å². The zero-order chi connectivity index (χ0) is 15.1. The van der Waals surface area contributed by atoms with Crippen LogP contribution in [0.5, 0.6) is 0 Å². The number of hydrogen-bond acceptors (Lipinski definition) is 6. The second kappa shape index (κ2) is 7.55. The molecule has 0 aromatic carbocycles. The van der Waals surface area contributed by atoms with Gasteiger partial charge in [0, 0.05) is 25.9 Å². The number of aromatic nitrogens is 2. The molecular formula is C8H16N2O7S2. The van der Waals surface area contributed by atoms with E-state index in [4.69, 9.17) is 9.11 Å². The van der Waals surface area contributed by atoms with E-state index in [9.17, 15) is 16.8 Å². The van der Waals surface area contributed by atoms with Crippen LogP contribution in [0.4, 0.5) is 0 Å². The van der Waals surface area contributed by atoms with Crippen molar-refractivity contribution in [2.75, 3.05) is 0 Å². The summed E-state index contributed by atoms with van der Waals surface area (Å²) in [6, 6.07) is 0. The summed E-state index contributed by atoms with van der Waals surface area (Å²) >= 11 is 0. The fourth-order valence-electron chi connectivity index (χ4n) is 1.08. The van der Waals surface area contributed by atoms with Crippen molar-refractivity contribution in [3.8, 4) is 0 Å². The predicted molar refractivity (Wildman–Crippen MR) is 66.0 cm³/mol. The third kappa shape index (κ3) is 10.6. The molecule has 9 nitrogen and oxygen atoms in total. The molecule has 1 rings (SSSR count). The van der Waals surface area contributed by atoms with E-state index >= 15 is 0 Å². The van der Waals surface area contributed by atoms with Crippen LogP contribution in [0.15, 0.2) is 12.4 Å². The topological polar surface area (TPSA) is 136 Å². The summed E-state index contributed by atoms with van der Waals surface area (Å²) in [4.78, 5) is 4.22. The lowest BCUT2D eigenvalue weighted by atomic mass is 10.2. The molecule has 0 radical (unpaired) electrons. The Labute approximate surface area is 112 Å². The van der Waals surface area contributed by atoms with Gasteiger partial charge in [0.05, 0.1) is 0 Å². The Morgan fingerprint density at radius 3 is 2.05 bits per heavy atom. The molecule has 0 fully saturated rings. The molecule has 1 aromatic rings. The third-order valence-corrected chi connectivity index (χ3v) is 3.22. The number of nitrogens with zero attached hydrogens (tertiary/aromatic N) is 2. The molecule has 0 atom stereocenters. The number of rotatable bonds is 5. The van der Waals surface area contributed by atoms with Crippen LogP contribution in [0.2, 0.25) is 0 Å². The largest absolute Gasteiger partial charge is 0.413 e. The Morgan fingerprint density at radius 2 is 1.79 bits per heavy atom. The zero-order valence-electron chi connectivity index (χ0n) is 10.4. The van der Waals surface area contributed by atoms with Crippen molar-refractivity contribution in [1.29, 1.82) is 0 Å². The molecule has 1 aromatic heterocycles. The first-order valence-electron chi connectivity index (χ1n) is 5.17. The fourth-order valence-corrected chi connectivity index (χ4v) is 1.95. The van der Waals surface area contributed by atoms with E-state index in [0.29, 0.717) is 0 Å². The number of hydrogen-bond donors (Lipinski definition) is 2. The normalized spacial score (nSPS) is 11.8. The number of aryl methyl sites for hydroxylation is 2. The molecule has 0 aliphatic heterocycles. The van der Waals surface area contributed by atoms with Crippen LogP contribution < -0.4 is 0 Å². The van der Waals surface area contributed by atoms with E-state index in [2.05, 4.69) is 20.1 Å². The minimum Gasteiger partial charge on any atom is -0.338 e. The highest BCUT2D eigenvalue weighted by Gasteiger charge is 2.15. The maximum absolute atomic E-state index is 9.44. The zero-order valence-corrected chi connectivity index (χ0v) is 12.1. The smallest absolute Gasteiger partial charge is 0.338 e. The van der Waals surface area contributed by atoms with Crippen molar-refractivity contribution in [3.05, 3.63) is 18.2 Å². The van der Waals surface area contributed by atoms with Gasteiger partial charge >= 0.3 is 20.8 Å². The SMILES string of the molecule is CCCCc1nccn1C.O=S(=O)(O)OS(=O)(=O)O. The molecule has 0 saturated heterocycles. The van der Waals surface area contributed by atoms with E-state index in [-0.39, 0.29) is 0 Å². The first-order valence-corrected chi connectivity index (χ1v) is 7.90. The van der Waals surface area contributed by atoms with Crippen LogP contribution in [0, 0.1) is 0 Å². The Balaban J connectivity index is 0.000000344. The van der Waals surface area contributed by atoms with Crippen molar-refractivity contribution in [2.45, 2.75) is 26.2 Å². The Hall–Kier alpha value is -1.01. The minimum atomic E-state index is -5.12. The first kappa shape index (κ1) is 18.0. The van der Waals surface area contributed by atoms with Crippen LogP contribution >= 0.6 is 0 Å². The number of unbranched alkanes of at least 4 members (excludes halogenated alkanes) is 1. The van der Waals surface area contributed by atoms with Crippen LogP contribution in [0.25, 0.3) is 0 Å². The molecule has 0 aliphatic rings. The van der Waals surface area contributed by atoms with Gasteiger partial charge in [-0.25, -0.2) is 4.98 Å². The maximum atomic E-state index is 9.44. The molecule has 1 heterocycles. The van der Waals surface area contributed by atoms with Gasteiger partial charge in [-0.05, 0) is 6.42 Å². The highest BCUT2D eigenvalue weighted by Crippen LogP contribution is 2.00. The van der Waals surface area contributed by atoms with Crippen molar-refractivity contribution >= 4 is 20.8 Å². The molecule has 0 saturated carbocycles. The molecule has 0 amide bonds. The minimum absolute atomic E-state index is 1.11. The van der Waals surface area contributed by atoms with Crippen LogP contribution in [-0.2, 0) is 37.9 Å². The first-order chi connectivity index (χ1) is 8.55. The van der Waals surface area contributed by atoms with Gasteiger partial charge in [-0.2, -0.15) is 16.8 Å². The van der Waals surface area contributed by atoms with Crippen LogP contribution in [0.1, 0.15) is 25.6 Å². The third-order valence-electron chi connectivity index (χ3n) is 1.85. The van der Waals surface area contributed by atoms with Crippen molar-refractivity contribution < 1.29 is 29.6 Å². The van der Waals surface area contributed by atoms with Crippen molar-refractivity contribution in [3.63, 3.8) is 0 Å². The quantitative estimate of drug-likeness (QED) is 0.744. The lowest BCUT2D eigenvalue weighted by Crippen LogP contribution is -2.10. The van der Waals surface area contributed by atoms with Gasteiger partial charge in [0.1, 0.15) is 5.82 Å². The van der Waals surface area contributed by atoms with Gasteiger partial charge in [0.25, 0.3) is 0 Å². The lowest BCUT2D eigenvalue weighted by molar-refractivity contribution is 0.344. The van der Waals surface area contributed by atoms with Crippen LogP contribution in [-0.4, -0.2) is 35.5 Å². The van der Waals surface area contributed by atoms with Crippen molar-refractivity contribution in [1.82, 2.24) is 9.55 Å². The highest BCUT2D eigenvalue weighted by molar-refractivity contribution is 7.94. The molecular weight excluding hydrogens is 300 g/mol. The molecule has 0 bridgehead atoms. The molecule has 19 heavy (non-hydrogen) atoms. The molecule has 2 N–H and O–H groups in total. The summed E-state index contributed by atoms with van der Waals surface area (Å²) in [6.45, 7) is 2.20. The highest BCUT2D eigenvalue weighted by atomic mass is 32.3. The molecule has 0 aliphatic carbocycles. The Bertz CT molecular complexity index is 546. The summed E-state index contributed by atoms with van der Waals surface area (Å²) in [7, 11) is -8.20. The summed E-state index contributed by atoms with van der Waals surface area (Å²) in [6.07, 6.45) is 7.44. The van der Waals surface area contributed by atoms with Gasteiger partial charge < -0.3 is 4.57 Å². The molecule has 11 heteroatoms. The average molecular weight is 316 g/mol. The van der Waals surface area contributed by atoms with Gasteiger partial charge in [-0.15, -0.1) is 3.63 Å². The van der Waals surface area contributed by atoms with E-state index in [0.717, 1.165) is 6.42 Å².